The Hall–Kier alpha value is -2.62. The Bertz CT molecular complexity index is 871. The molecule has 1 rings (SSSR count). The monoisotopic (exact) mass is 486 g/mol. The van der Waals surface area contributed by atoms with E-state index in [0.717, 1.165) is 0 Å². The zero-order valence-electron chi connectivity index (χ0n) is 22.2. The lowest BCUT2D eigenvalue weighted by Gasteiger charge is -2.32. The van der Waals surface area contributed by atoms with E-state index in [9.17, 15) is 24.3 Å². The van der Waals surface area contributed by atoms with Crippen LogP contribution in [0.3, 0.4) is 0 Å². The van der Waals surface area contributed by atoms with Crippen molar-refractivity contribution in [3.05, 3.63) is 11.3 Å². The van der Waals surface area contributed by atoms with Crippen molar-refractivity contribution in [2.24, 2.45) is 0 Å². The molecule has 1 heterocycles. The van der Waals surface area contributed by atoms with E-state index in [-0.39, 0.29) is 0 Å². The first kappa shape index (κ1) is 29.4. The predicted molar refractivity (Wildman–Crippen MR) is 120 cm³/mol. The molecule has 10 nitrogen and oxygen atoms in total. The van der Waals surface area contributed by atoms with E-state index in [2.05, 4.69) is 0 Å². The lowest BCUT2D eigenvalue weighted by Crippen LogP contribution is -2.57. The summed E-state index contributed by atoms with van der Waals surface area (Å²) < 4.78 is 26.7. The van der Waals surface area contributed by atoms with E-state index in [4.69, 9.17) is 23.7 Å². The molecule has 0 saturated heterocycles. The number of esters is 4. The molecule has 2 atom stereocenters. The topological polar surface area (TPSA) is 135 Å². The first-order valence-electron chi connectivity index (χ1n) is 10.9. The number of rotatable bonds is 4. The van der Waals surface area contributed by atoms with Crippen LogP contribution >= 0.6 is 0 Å². The summed E-state index contributed by atoms with van der Waals surface area (Å²) in [6, 6.07) is 0. The summed E-state index contributed by atoms with van der Waals surface area (Å²) in [5.41, 5.74) is -8.23. The van der Waals surface area contributed by atoms with Crippen molar-refractivity contribution in [2.45, 2.75) is 117 Å². The zero-order valence-corrected chi connectivity index (χ0v) is 22.2. The van der Waals surface area contributed by atoms with Gasteiger partial charge in [0.2, 0.25) is 17.5 Å². The van der Waals surface area contributed by atoms with Crippen LogP contribution in [0.15, 0.2) is 11.3 Å². The molecule has 0 aromatic heterocycles. The van der Waals surface area contributed by atoms with Crippen LogP contribution in [0.25, 0.3) is 0 Å². The first-order chi connectivity index (χ1) is 14.9. The van der Waals surface area contributed by atoms with E-state index in [0.29, 0.717) is 0 Å². The quantitative estimate of drug-likeness (QED) is 0.467. The minimum Gasteiger partial charge on any atom is -0.466 e. The lowest BCUT2D eigenvalue weighted by molar-refractivity contribution is -0.195. The summed E-state index contributed by atoms with van der Waals surface area (Å²) in [5.74, 6) is -5.86. The molecule has 0 bridgehead atoms. The van der Waals surface area contributed by atoms with Crippen LogP contribution in [0.5, 0.6) is 0 Å². The smallest absolute Gasteiger partial charge is 0.374 e. The van der Waals surface area contributed by atoms with Crippen LogP contribution in [0.2, 0.25) is 0 Å². The number of ether oxygens (including phenoxy) is 5. The molecule has 34 heavy (non-hydrogen) atoms. The molecule has 1 aliphatic heterocycles. The average molecular weight is 487 g/mol. The Balaban J connectivity index is 3.81. The van der Waals surface area contributed by atoms with E-state index in [1.807, 2.05) is 0 Å². The second-order valence-corrected chi connectivity index (χ2v) is 12.0. The Morgan fingerprint density at radius 3 is 1.44 bits per heavy atom. The van der Waals surface area contributed by atoms with Gasteiger partial charge in [0.1, 0.15) is 28.0 Å². The third-order valence-corrected chi connectivity index (χ3v) is 3.74. The number of carbonyl (C=O) groups is 4. The van der Waals surface area contributed by atoms with Crippen LogP contribution in [0, 0.1) is 0 Å². The van der Waals surface area contributed by atoms with Crippen molar-refractivity contribution in [3.63, 3.8) is 0 Å². The maximum absolute atomic E-state index is 13.2. The van der Waals surface area contributed by atoms with Gasteiger partial charge in [0, 0.05) is 0 Å². The fourth-order valence-electron chi connectivity index (χ4n) is 2.76. The van der Waals surface area contributed by atoms with Gasteiger partial charge < -0.3 is 28.8 Å². The molecule has 0 aromatic rings. The highest BCUT2D eigenvalue weighted by Gasteiger charge is 2.66. The number of aliphatic hydroxyl groups is 1. The second-order valence-electron chi connectivity index (χ2n) is 12.0. The van der Waals surface area contributed by atoms with Crippen molar-refractivity contribution in [2.75, 3.05) is 0 Å². The van der Waals surface area contributed by atoms with Crippen molar-refractivity contribution < 1.29 is 48.0 Å². The van der Waals surface area contributed by atoms with Crippen molar-refractivity contribution in [3.8, 4) is 0 Å². The molecule has 0 saturated carbocycles. The molecular weight excluding hydrogens is 448 g/mol. The molecule has 194 valence electrons. The summed E-state index contributed by atoms with van der Waals surface area (Å²) in [4.78, 5) is 52.4. The largest absolute Gasteiger partial charge is 0.466 e. The summed E-state index contributed by atoms with van der Waals surface area (Å²) in [6.45, 7) is 18.6. The Morgan fingerprint density at radius 1 is 0.676 bits per heavy atom. The van der Waals surface area contributed by atoms with Gasteiger partial charge >= 0.3 is 23.9 Å². The van der Waals surface area contributed by atoms with Gasteiger partial charge in [-0.15, -0.1) is 0 Å². The number of carbonyl (C=O) groups excluding carboxylic acids is 4. The van der Waals surface area contributed by atoms with E-state index >= 15 is 0 Å². The molecule has 0 radical (unpaired) electrons. The molecule has 0 aromatic carbocycles. The zero-order chi connectivity index (χ0) is 27.1. The predicted octanol–water partition coefficient (Wildman–Crippen LogP) is 2.74. The minimum absolute atomic E-state index is 0.839. The summed E-state index contributed by atoms with van der Waals surface area (Å²) in [5, 5.41) is 11.6. The third-order valence-electron chi connectivity index (χ3n) is 3.74. The van der Waals surface area contributed by atoms with Crippen LogP contribution in [0.4, 0.5) is 0 Å². The highest BCUT2D eigenvalue weighted by Crippen LogP contribution is 2.40. The van der Waals surface area contributed by atoms with Gasteiger partial charge in [0.05, 0.1) is 0 Å². The van der Waals surface area contributed by atoms with Gasteiger partial charge in [-0.2, -0.15) is 0 Å². The van der Waals surface area contributed by atoms with Gasteiger partial charge in [-0.3, -0.25) is 0 Å². The highest BCUT2D eigenvalue weighted by molar-refractivity contribution is 6.10. The van der Waals surface area contributed by atoms with Gasteiger partial charge in [-0.05, 0) is 83.1 Å². The fourth-order valence-corrected chi connectivity index (χ4v) is 2.76. The fraction of sp³-hybridized carbons (Fsp3) is 0.750. The molecule has 0 fully saturated rings. The SMILES string of the molecule is CC(C)(C)OC(=O)C1=C(C(=O)OC(C)(C)C)[C@@](O)(C(=O)OC(C)(C)C)[C@@H](C(=O)OC(C)(C)C)O1. The molecule has 0 amide bonds. The number of hydrogen-bond acceptors (Lipinski definition) is 10. The lowest BCUT2D eigenvalue weighted by atomic mass is 9.88. The minimum atomic E-state index is -3.05. The molecule has 1 aliphatic rings. The maximum atomic E-state index is 13.2. The Labute approximate surface area is 200 Å². The molecule has 0 unspecified atom stereocenters. The van der Waals surface area contributed by atoms with E-state index in [1.165, 1.54) is 20.8 Å². The standard InChI is InChI=1S/C24H38O10/c1-20(2,3)31-16(25)13-14(17(26)32-21(4,5)6)30-15(18(27)33-22(7,8)9)24(13,29)19(28)34-23(10,11)12/h15,29H,1-12H3/t15-,24+/m1/s1. The summed E-state index contributed by atoms with van der Waals surface area (Å²) in [6.07, 6.45) is -2.13. The van der Waals surface area contributed by atoms with Gasteiger partial charge in [0.25, 0.3) is 0 Å². The van der Waals surface area contributed by atoms with Crippen molar-refractivity contribution >= 4 is 23.9 Å². The molecule has 0 spiro atoms. The van der Waals surface area contributed by atoms with Crippen LogP contribution in [-0.2, 0) is 42.9 Å². The molecule has 10 heteroatoms. The van der Waals surface area contributed by atoms with E-state index < -0.39 is 69.3 Å². The maximum Gasteiger partial charge on any atom is 0.374 e. The van der Waals surface area contributed by atoms with Crippen LogP contribution in [-0.4, -0.2) is 63.1 Å². The number of hydrogen-bond donors (Lipinski definition) is 1. The first-order valence-corrected chi connectivity index (χ1v) is 10.9. The second kappa shape index (κ2) is 9.20. The normalized spacial score (nSPS) is 21.5. The average Bonchev–Trinajstić information content (AvgIpc) is 2.83. The molecule has 1 N–H and O–H groups in total. The molecular formula is C24H38O10. The summed E-state index contributed by atoms with van der Waals surface area (Å²) in [7, 11) is 0. The Kier molecular flexibility index (Phi) is 7.96. The third kappa shape index (κ3) is 7.72. The highest BCUT2D eigenvalue weighted by atomic mass is 16.6. The van der Waals surface area contributed by atoms with E-state index in [1.54, 1.807) is 62.3 Å². The van der Waals surface area contributed by atoms with Gasteiger partial charge in [-0.25, -0.2) is 19.2 Å². The van der Waals surface area contributed by atoms with Gasteiger partial charge in [0.15, 0.2) is 0 Å². The molecule has 0 aliphatic carbocycles. The Morgan fingerprint density at radius 2 is 1.06 bits per heavy atom. The van der Waals surface area contributed by atoms with Gasteiger partial charge in [-0.1, -0.05) is 0 Å². The van der Waals surface area contributed by atoms with Crippen LogP contribution in [0.1, 0.15) is 83.1 Å². The van der Waals surface area contributed by atoms with Crippen molar-refractivity contribution in [1.29, 1.82) is 0 Å². The summed E-state index contributed by atoms with van der Waals surface area (Å²) >= 11 is 0. The van der Waals surface area contributed by atoms with Crippen LogP contribution < -0.4 is 0 Å². The van der Waals surface area contributed by atoms with Crippen molar-refractivity contribution in [1.82, 2.24) is 0 Å².